The van der Waals surface area contributed by atoms with Crippen molar-refractivity contribution in [2.24, 2.45) is 15.5 Å². The van der Waals surface area contributed by atoms with Gasteiger partial charge in [-0.15, -0.1) is 0 Å². The van der Waals surface area contributed by atoms with Gasteiger partial charge < -0.3 is 4.74 Å². The minimum absolute atomic E-state index is 0.0671. The van der Waals surface area contributed by atoms with Crippen LogP contribution in [0.2, 0.25) is 0 Å². The van der Waals surface area contributed by atoms with E-state index in [1.807, 2.05) is 0 Å². The summed E-state index contributed by atoms with van der Waals surface area (Å²) < 4.78 is 5.63. The molecule has 1 aliphatic heterocycles. The van der Waals surface area contributed by atoms with Gasteiger partial charge in [-0.25, -0.2) is 0 Å². The topological polar surface area (TPSA) is 66.4 Å². The average Bonchev–Trinajstić information content (AvgIpc) is 2.36. The molecule has 0 aromatic rings. The summed E-state index contributed by atoms with van der Waals surface area (Å²) in [6, 6.07) is 0.0671. The van der Waals surface area contributed by atoms with Crippen LogP contribution in [0.5, 0.6) is 0 Å². The number of hydrogen-bond donors (Lipinski definition) is 0. The largest absolute Gasteiger partial charge is 0.509 e. The maximum Gasteiger partial charge on any atom is 0.509 e. The predicted molar refractivity (Wildman–Crippen MR) is 29.9 cm³/mol. The first-order chi connectivity index (χ1) is 4.88. The number of ether oxygens (including phenoxy) is 1. The van der Waals surface area contributed by atoms with Gasteiger partial charge in [-0.05, 0) is 6.92 Å². The van der Waals surface area contributed by atoms with Gasteiger partial charge >= 0.3 is 12.1 Å². The van der Waals surface area contributed by atoms with Crippen LogP contribution in [0.4, 0.5) is 0 Å². The Balaban J connectivity index is 2.72. The third kappa shape index (κ3) is 1.06. The summed E-state index contributed by atoms with van der Waals surface area (Å²) >= 11 is 0. The zero-order valence-corrected chi connectivity index (χ0v) is 5.31. The van der Waals surface area contributed by atoms with Crippen LogP contribution in [0.15, 0.2) is 15.5 Å². The Labute approximate surface area is 56.5 Å². The van der Waals surface area contributed by atoms with Crippen molar-refractivity contribution in [2.45, 2.75) is 6.92 Å². The molecule has 0 radical (unpaired) electrons. The van der Waals surface area contributed by atoms with Crippen molar-refractivity contribution in [3.8, 4) is 0 Å². The van der Waals surface area contributed by atoms with Gasteiger partial charge in [0.2, 0.25) is 5.22 Å². The van der Waals surface area contributed by atoms with Crippen LogP contribution in [0.1, 0.15) is 6.92 Å². The Hall–Kier alpha value is -1.55. The third-order valence-electron chi connectivity index (χ3n) is 0.801. The molecule has 10 heavy (non-hydrogen) atoms. The van der Waals surface area contributed by atoms with E-state index in [9.17, 15) is 4.79 Å². The van der Waals surface area contributed by atoms with Crippen molar-refractivity contribution in [1.29, 1.82) is 0 Å². The smallest absolute Gasteiger partial charge is 0.437 e. The first-order valence-corrected chi connectivity index (χ1v) is 2.67. The average molecular weight is 141 g/mol. The second-order valence-electron chi connectivity index (χ2n) is 1.40. The van der Waals surface area contributed by atoms with Crippen molar-refractivity contribution in [3.63, 3.8) is 0 Å². The van der Waals surface area contributed by atoms with E-state index in [-0.39, 0.29) is 6.02 Å². The first-order valence-electron chi connectivity index (χ1n) is 2.67. The Morgan fingerprint density at radius 1 is 1.80 bits per heavy atom. The summed E-state index contributed by atoms with van der Waals surface area (Å²) in [5.41, 5.74) is 0. The molecule has 0 aliphatic carbocycles. The van der Waals surface area contributed by atoms with Crippen molar-refractivity contribution in [2.75, 3.05) is 6.61 Å². The van der Waals surface area contributed by atoms with Crippen LogP contribution in [-0.4, -0.2) is 23.4 Å². The van der Waals surface area contributed by atoms with E-state index in [0.717, 1.165) is 4.68 Å². The van der Waals surface area contributed by atoms with Crippen LogP contribution in [0, 0.1) is 0 Å². The molecule has 1 rings (SSSR count). The summed E-state index contributed by atoms with van der Waals surface area (Å²) in [6.07, 6.45) is 1.47. The van der Waals surface area contributed by atoms with Gasteiger partial charge in [-0.1, -0.05) is 0 Å². The fourth-order valence-electron chi connectivity index (χ4n) is 0.455. The van der Waals surface area contributed by atoms with Crippen LogP contribution < -0.4 is 0 Å². The summed E-state index contributed by atoms with van der Waals surface area (Å²) in [7, 11) is 0. The monoisotopic (exact) mass is 141 g/mol. The lowest BCUT2D eigenvalue weighted by molar-refractivity contribution is -0.431. The Morgan fingerprint density at radius 2 is 2.60 bits per heavy atom. The standard InChI is InChI=1S/C4H5N4O2/c1-2-10-4-5-6-7-8(4)3-9/h2H2,1H3/q+1. The molecule has 0 fully saturated rings. The number of rotatable bonds is 1. The van der Waals surface area contributed by atoms with Gasteiger partial charge in [0.1, 0.15) is 5.22 Å². The number of isocyanates is 1. The van der Waals surface area contributed by atoms with E-state index in [2.05, 4.69) is 15.5 Å². The zero-order valence-electron chi connectivity index (χ0n) is 5.31. The molecule has 0 saturated carbocycles. The molecule has 0 unspecified atom stereocenters. The molecule has 0 bridgehead atoms. The molecule has 1 heterocycles. The van der Waals surface area contributed by atoms with Gasteiger partial charge in [0, 0.05) is 4.68 Å². The quantitative estimate of drug-likeness (QED) is 0.381. The molecule has 52 valence electrons. The highest BCUT2D eigenvalue weighted by molar-refractivity contribution is 5.67. The van der Waals surface area contributed by atoms with Crippen LogP contribution in [0.25, 0.3) is 0 Å². The summed E-state index contributed by atoms with van der Waals surface area (Å²) in [5.74, 6) is 0. The Morgan fingerprint density at radius 3 is 3.20 bits per heavy atom. The van der Waals surface area contributed by atoms with E-state index >= 15 is 0 Å². The maximum atomic E-state index is 9.98. The molecule has 0 amide bonds. The zero-order chi connectivity index (χ0) is 7.40. The molecule has 0 aromatic heterocycles. The fraction of sp³-hybridized carbons (Fsp3) is 0.500. The molecule has 6 nitrogen and oxygen atoms in total. The predicted octanol–water partition coefficient (Wildman–Crippen LogP) is 0.0230. The van der Waals surface area contributed by atoms with E-state index < -0.39 is 0 Å². The number of carbonyl (C=O) groups excluding carboxylic acids is 1. The van der Waals surface area contributed by atoms with Gasteiger partial charge in [0.25, 0.3) is 0 Å². The normalized spacial score (nSPS) is 14.9. The van der Waals surface area contributed by atoms with Crippen LogP contribution >= 0.6 is 0 Å². The highest BCUT2D eigenvalue weighted by Crippen LogP contribution is 1.96. The lowest BCUT2D eigenvalue weighted by Crippen LogP contribution is -2.14. The molecule has 0 aromatic carbocycles. The van der Waals surface area contributed by atoms with E-state index in [1.165, 1.54) is 6.08 Å². The third-order valence-corrected chi connectivity index (χ3v) is 0.801. The molecular weight excluding hydrogens is 136 g/mol. The summed E-state index contributed by atoms with van der Waals surface area (Å²) in [4.78, 5) is 9.98. The SMILES string of the molecule is CCOC1=NN=N[N+]1=C=O. The maximum absolute atomic E-state index is 9.98. The van der Waals surface area contributed by atoms with E-state index in [4.69, 9.17) is 4.74 Å². The van der Waals surface area contributed by atoms with Gasteiger partial charge in [-0.2, -0.15) is 4.79 Å². The Bertz CT molecular complexity index is 238. The lowest BCUT2D eigenvalue weighted by Gasteiger charge is -1.90. The number of amidine groups is 1. The summed E-state index contributed by atoms with van der Waals surface area (Å²) in [5, 5.41) is 9.84. The van der Waals surface area contributed by atoms with Gasteiger partial charge in [0.05, 0.1) is 6.61 Å². The van der Waals surface area contributed by atoms with Crippen molar-refractivity contribution >= 4 is 12.1 Å². The minimum Gasteiger partial charge on any atom is -0.437 e. The van der Waals surface area contributed by atoms with E-state index in [1.54, 1.807) is 6.92 Å². The molecule has 6 heteroatoms. The van der Waals surface area contributed by atoms with Gasteiger partial charge in [-0.3, -0.25) is 0 Å². The van der Waals surface area contributed by atoms with Crippen molar-refractivity contribution in [3.05, 3.63) is 0 Å². The van der Waals surface area contributed by atoms with E-state index in [0.29, 0.717) is 6.61 Å². The second kappa shape index (κ2) is 2.84. The fourth-order valence-corrected chi connectivity index (χ4v) is 0.455. The molecule has 0 spiro atoms. The highest BCUT2D eigenvalue weighted by atomic mass is 16.5. The van der Waals surface area contributed by atoms with Crippen LogP contribution in [-0.2, 0) is 9.53 Å². The minimum atomic E-state index is 0.0671. The van der Waals surface area contributed by atoms with Gasteiger partial charge in [0.15, 0.2) is 5.10 Å². The number of hydrogen-bond acceptors (Lipinski definition) is 5. The van der Waals surface area contributed by atoms with Crippen molar-refractivity contribution in [1.82, 2.24) is 0 Å². The first kappa shape index (κ1) is 6.57. The molecular formula is C4H5N4O2+. The molecule has 1 aliphatic rings. The highest BCUT2D eigenvalue weighted by Gasteiger charge is 2.22. The van der Waals surface area contributed by atoms with Crippen molar-refractivity contribution < 1.29 is 14.2 Å². The lowest BCUT2D eigenvalue weighted by atomic mass is 10.9. The Kier molecular flexibility index (Phi) is 1.86. The summed E-state index contributed by atoms with van der Waals surface area (Å²) in [6.45, 7) is 2.19. The molecule has 0 saturated heterocycles. The second-order valence-corrected chi connectivity index (χ2v) is 1.40. The van der Waals surface area contributed by atoms with Crippen LogP contribution in [0.3, 0.4) is 0 Å². The molecule has 0 atom stereocenters. The number of nitrogens with zero attached hydrogens (tertiary/aromatic N) is 4. The molecule has 0 N–H and O–H groups in total.